The SMILES string of the molecule is CN(CC(=O)NCCCOC1CCCCC1)S(=O)(=O)c1ccc(Cl)cc1. The Kier molecular flexibility index (Phi) is 8.34. The van der Waals surface area contributed by atoms with Crippen LogP contribution < -0.4 is 5.32 Å². The summed E-state index contributed by atoms with van der Waals surface area (Å²) < 4.78 is 31.7. The van der Waals surface area contributed by atoms with Crippen LogP contribution in [0.2, 0.25) is 5.02 Å². The van der Waals surface area contributed by atoms with E-state index in [0.29, 0.717) is 24.3 Å². The number of nitrogens with one attached hydrogen (secondary N) is 1. The summed E-state index contributed by atoms with van der Waals surface area (Å²) in [6, 6.07) is 5.87. The third kappa shape index (κ3) is 6.54. The predicted molar refractivity (Wildman–Crippen MR) is 102 cm³/mol. The first-order valence-corrected chi connectivity index (χ1v) is 10.8. The van der Waals surface area contributed by atoms with Gasteiger partial charge in [0.2, 0.25) is 15.9 Å². The van der Waals surface area contributed by atoms with Gasteiger partial charge < -0.3 is 10.1 Å². The Bertz CT molecular complexity index is 673. The van der Waals surface area contributed by atoms with Crippen LogP contribution in [0.3, 0.4) is 0 Å². The average Bonchev–Trinajstić information content (AvgIpc) is 2.62. The second-order valence-electron chi connectivity index (χ2n) is 6.55. The molecule has 1 N–H and O–H groups in total. The van der Waals surface area contributed by atoms with Gasteiger partial charge in [0.15, 0.2) is 0 Å². The first-order valence-electron chi connectivity index (χ1n) is 9.00. The molecule has 1 aliphatic carbocycles. The van der Waals surface area contributed by atoms with Crippen molar-refractivity contribution in [2.75, 3.05) is 26.7 Å². The van der Waals surface area contributed by atoms with Crippen LogP contribution in [0.5, 0.6) is 0 Å². The van der Waals surface area contributed by atoms with E-state index in [2.05, 4.69) is 5.32 Å². The number of hydrogen-bond donors (Lipinski definition) is 1. The summed E-state index contributed by atoms with van der Waals surface area (Å²) in [7, 11) is -2.33. The minimum absolute atomic E-state index is 0.109. The molecule has 1 aromatic rings. The first-order chi connectivity index (χ1) is 12.4. The van der Waals surface area contributed by atoms with Crippen LogP contribution in [-0.4, -0.2) is 51.5 Å². The molecule has 1 aliphatic rings. The molecule has 1 saturated carbocycles. The molecule has 0 unspecified atom stereocenters. The van der Waals surface area contributed by atoms with E-state index >= 15 is 0 Å². The highest BCUT2D eigenvalue weighted by Crippen LogP contribution is 2.20. The van der Waals surface area contributed by atoms with Crippen molar-refractivity contribution in [2.45, 2.75) is 49.5 Å². The lowest BCUT2D eigenvalue weighted by Gasteiger charge is -2.22. The molecule has 0 spiro atoms. The van der Waals surface area contributed by atoms with E-state index in [1.165, 1.54) is 50.6 Å². The van der Waals surface area contributed by atoms with Crippen molar-refractivity contribution in [3.8, 4) is 0 Å². The van der Waals surface area contributed by atoms with E-state index < -0.39 is 10.0 Å². The Morgan fingerprint density at radius 3 is 2.54 bits per heavy atom. The molecular formula is C18H27ClN2O4S. The zero-order chi connectivity index (χ0) is 19.0. The molecular weight excluding hydrogens is 376 g/mol. The molecule has 0 radical (unpaired) electrons. The van der Waals surface area contributed by atoms with Crippen molar-refractivity contribution in [2.24, 2.45) is 0 Å². The molecule has 146 valence electrons. The van der Waals surface area contributed by atoms with Crippen LogP contribution >= 0.6 is 11.6 Å². The fourth-order valence-electron chi connectivity index (χ4n) is 2.91. The van der Waals surface area contributed by atoms with Crippen molar-refractivity contribution in [1.29, 1.82) is 0 Å². The Balaban J connectivity index is 1.68. The minimum atomic E-state index is -3.71. The van der Waals surface area contributed by atoms with E-state index in [1.54, 1.807) is 0 Å². The van der Waals surface area contributed by atoms with Gasteiger partial charge in [0, 0.05) is 25.2 Å². The molecule has 0 atom stereocenters. The van der Waals surface area contributed by atoms with Crippen molar-refractivity contribution in [3.63, 3.8) is 0 Å². The van der Waals surface area contributed by atoms with E-state index in [-0.39, 0.29) is 17.3 Å². The minimum Gasteiger partial charge on any atom is -0.378 e. The Morgan fingerprint density at radius 1 is 1.23 bits per heavy atom. The third-order valence-corrected chi connectivity index (χ3v) is 6.51. The number of nitrogens with zero attached hydrogens (tertiary/aromatic N) is 1. The molecule has 6 nitrogen and oxygen atoms in total. The molecule has 0 saturated heterocycles. The standard InChI is InChI=1S/C18H27ClN2O4S/c1-21(26(23,24)17-10-8-15(19)9-11-17)14-18(22)20-12-5-13-25-16-6-3-2-4-7-16/h8-11,16H,2-7,12-14H2,1H3,(H,20,22). The normalized spacial score (nSPS) is 16.0. The predicted octanol–water partition coefficient (Wildman–Crippen LogP) is 2.82. The maximum absolute atomic E-state index is 12.4. The molecule has 8 heteroatoms. The quantitative estimate of drug-likeness (QED) is 0.644. The van der Waals surface area contributed by atoms with Crippen molar-refractivity contribution < 1.29 is 17.9 Å². The van der Waals surface area contributed by atoms with Crippen LogP contribution in [-0.2, 0) is 19.6 Å². The van der Waals surface area contributed by atoms with Crippen LogP contribution in [0.1, 0.15) is 38.5 Å². The molecule has 0 aliphatic heterocycles. The molecule has 0 heterocycles. The van der Waals surface area contributed by atoms with E-state index in [0.717, 1.165) is 23.6 Å². The topological polar surface area (TPSA) is 75.7 Å². The van der Waals surface area contributed by atoms with Crippen LogP contribution in [0, 0.1) is 0 Å². The lowest BCUT2D eigenvalue weighted by Crippen LogP contribution is -2.38. The van der Waals surface area contributed by atoms with Gasteiger partial charge in [-0.05, 0) is 43.5 Å². The largest absolute Gasteiger partial charge is 0.378 e. The Hall–Kier alpha value is -1.15. The van der Waals surface area contributed by atoms with Gasteiger partial charge in [0.1, 0.15) is 0 Å². The summed E-state index contributed by atoms with van der Waals surface area (Å²) in [5, 5.41) is 3.20. The molecule has 1 amide bonds. The second kappa shape index (κ2) is 10.3. The van der Waals surface area contributed by atoms with Crippen molar-refractivity contribution in [1.82, 2.24) is 9.62 Å². The van der Waals surface area contributed by atoms with Gasteiger partial charge in [-0.15, -0.1) is 0 Å². The van der Waals surface area contributed by atoms with Gasteiger partial charge in [0.25, 0.3) is 0 Å². The number of likely N-dealkylation sites (N-methyl/N-ethyl adjacent to an activating group) is 1. The monoisotopic (exact) mass is 402 g/mol. The van der Waals surface area contributed by atoms with E-state index in [4.69, 9.17) is 16.3 Å². The van der Waals surface area contributed by atoms with Crippen LogP contribution in [0.4, 0.5) is 0 Å². The fourth-order valence-corrected chi connectivity index (χ4v) is 4.16. The maximum atomic E-state index is 12.4. The number of sulfonamides is 1. The van der Waals surface area contributed by atoms with Gasteiger partial charge in [-0.3, -0.25) is 4.79 Å². The summed E-state index contributed by atoms with van der Waals surface area (Å²) in [6.07, 6.45) is 7.08. The fraction of sp³-hybridized carbons (Fsp3) is 0.611. The van der Waals surface area contributed by atoms with Gasteiger partial charge in [-0.2, -0.15) is 4.31 Å². The molecule has 0 aromatic heterocycles. The number of carbonyl (C=O) groups excluding carboxylic acids is 1. The van der Waals surface area contributed by atoms with Gasteiger partial charge >= 0.3 is 0 Å². The Labute approximate surface area is 160 Å². The number of benzene rings is 1. The number of carbonyl (C=O) groups is 1. The van der Waals surface area contributed by atoms with Crippen LogP contribution in [0.25, 0.3) is 0 Å². The summed E-state index contributed by atoms with van der Waals surface area (Å²) in [6.45, 7) is 0.860. The summed E-state index contributed by atoms with van der Waals surface area (Å²) in [4.78, 5) is 12.1. The van der Waals surface area contributed by atoms with Gasteiger partial charge in [-0.25, -0.2) is 8.42 Å². The molecule has 2 rings (SSSR count). The average molecular weight is 403 g/mol. The number of hydrogen-bond acceptors (Lipinski definition) is 4. The highest BCUT2D eigenvalue weighted by molar-refractivity contribution is 7.89. The third-order valence-electron chi connectivity index (χ3n) is 4.44. The van der Waals surface area contributed by atoms with Gasteiger partial charge in [-0.1, -0.05) is 30.9 Å². The zero-order valence-corrected chi connectivity index (χ0v) is 16.7. The summed E-state index contributed by atoms with van der Waals surface area (Å²) in [5.41, 5.74) is 0. The second-order valence-corrected chi connectivity index (χ2v) is 9.03. The maximum Gasteiger partial charge on any atom is 0.243 e. The number of halogens is 1. The van der Waals surface area contributed by atoms with Crippen molar-refractivity contribution >= 4 is 27.5 Å². The Morgan fingerprint density at radius 2 is 1.88 bits per heavy atom. The van der Waals surface area contributed by atoms with Crippen molar-refractivity contribution in [3.05, 3.63) is 29.3 Å². The van der Waals surface area contributed by atoms with E-state index in [1.807, 2.05) is 0 Å². The number of ether oxygens (including phenoxy) is 1. The van der Waals surface area contributed by atoms with E-state index in [9.17, 15) is 13.2 Å². The molecule has 1 fully saturated rings. The number of rotatable bonds is 9. The lowest BCUT2D eigenvalue weighted by molar-refractivity contribution is -0.121. The molecule has 1 aromatic carbocycles. The summed E-state index contributed by atoms with van der Waals surface area (Å²) in [5.74, 6) is -0.331. The smallest absolute Gasteiger partial charge is 0.243 e. The lowest BCUT2D eigenvalue weighted by atomic mass is 9.98. The highest BCUT2D eigenvalue weighted by atomic mass is 35.5. The van der Waals surface area contributed by atoms with Gasteiger partial charge in [0.05, 0.1) is 17.5 Å². The number of amides is 1. The highest BCUT2D eigenvalue weighted by Gasteiger charge is 2.22. The first kappa shape index (κ1) is 21.2. The molecule has 0 bridgehead atoms. The van der Waals surface area contributed by atoms with Crippen LogP contribution in [0.15, 0.2) is 29.2 Å². The zero-order valence-electron chi connectivity index (χ0n) is 15.1. The molecule has 26 heavy (non-hydrogen) atoms. The summed E-state index contributed by atoms with van der Waals surface area (Å²) >= 11 is 5.78.